The van der Waals surface area contributed by atoms with E-state index < -0.39 is 36.9 Å². The highest BCUT2D eigenvalue weighted by Gasteiger charge is 2.28. The van der Waals surface area contributed by atoms with Crippen molar-refractivity contribution in [3.8, 4) is 0 Å². The normalized spacial score (nSPS) is 14.0. The maximum Gasteiger partial charge on any atom is 0.249 e. The van der Waals surface area contributed by atoms with Crippen LogP contribution in [-0.4, -0.2) is 57.3 Å². The molecule has 0 spiro atoms. The monoisotopic (exact) mass is 956 g/mol. The summed E-state index contributed by atoms with van der Waals surface area (Å²) in [5, 5.41) is 43.9. The topological polar surface area (TPSA) is 110 Å². The van der Waals surface area contributed by atoms with Gasteiger partial charge in [0.05, 0.1) is 18.8 Å². The maximum atomic E-state index is 12.6. The van der Waals surface area contributed by atoms with E-state index in [1.54, 1.807) is 0 Å². The zero-order chi connectivity index (χ0) is 49.5. The maximum absolute atomic E-state index is 12.6. The van der Waals surface area contributed by atoms with E-state index in [-0.39, 0.29) is 0 Å². The van der Waals surface area contributed by atoms with Gasteiger partial charge in [-0.3, -0.25) is 4.79 Å². The van der Waals surface area contributed by atoms with Gasteiger partial charge in [0.15, 0.2) is 0 Å². The van der Waals surface area contributed by atoms with Gasteiger partial charge in [-0.2, -0.15) is 0 Å². The Morgan fingerprint density at radius 1 is 0.368 bits per heavy atom. The first-order valence-electron chi connectivity index (χ1n) is 30.0. The molecule has 0 aliphatic rings. The van der Waals surface area contributed by atoms with E-state index in [1.807, 2.05) is 0 Å². The first kappa shape index (κ1) is 66.3. The summed E-state index contributed by atoms with van der Waals surface area (Å²) in [7, 11) is 0. The van der Waals surface area contributed by atoms with Gasteiger partial charge in [-0.05, 0) is 83.5 Å². The predicted octanol–water partition coefficient (Wildman–Crippen LogP) is 17.8. The number of carbonyl (C=O) groups excluding carboxylic acids is 1. The van der Waals surface area contributed by atoms with Crippen molar-refractivity contribution in [2.45, 2.75) is 334 Å². The largest absolute Gasteiger partial charge is 0.394 e. The molecule has 6 heteroatoms. The van der Waals surface area contributed by atoms with Crippen molar-refractivity contribution in [1.82, 2.24) is 5.32 Å². The molecule has 0 aromatic rings. The van der Waals surface area contributed by atoms with E-state index in [9.17, 15) is 25.2 Å². The van der Waals surface area contributed by atoms with Crippen molar-refractivity contribution in [3.63, 3.8) is 0 Å². The minimum atomic E-state index is -1.29. The lowest BCUT2D eigenvalue weighted by molar-refractivity contribution is -0.132. The Balaban J connectivity index is 3.59. The number of hydrogen-bond acceptors (Lipinski definition) is 5. The lowest BCUT2D eigenvalue weighted by Gasteiger charge is -2.27. The Labute approximate surface area is 423 Å². The molecule has 0 radical (unpaired) electrons. The average Bonchev–Trinajstić information content (AvgIpc) is 3.34. The summed E-state index contributed by atoms with van der Waals surface area (Å²) in [6, 6.07) is -1.01. The van der Waals surface area contributed by atoms with Crippen LogP contribution >= 0.6 is 0 Å². The molecular weight excluding hydrogens is 839 g/mol. The second-order valence-corrected chi connectivity index (χ2v) is 20.7. The predicted molar refractivity (Wildman–Crippen MR) is 297 cm³/mol. The number of nitrogens with one attached hydrogen (secondary N) is 1. The summed E-state index contributed by atoms with van der Waals surface area (Å²) in [5.74, 6) is -0.596. The molecule has 6 nitrogen and oxygen atoms in total. The van der Waals surface area contributed by atoms with E-state index in [4.69, 9.17) is 0 Å². The van der Waals surface area contributed by atoms with Crippen LogP contribution in [0.25, 0.3) is 0 Å². The first-order chi connectivity index (χ1) is 33.5. The van der Waals surface area contributed by atoms with Crippen LogP contribution in [0.15, 0.2) is 48.6 Å². The molecule has 0 fully saturated rings. The number of allylic oxidation sites excluding steroid dienone is 8. The summed E-state index contributed by atoms with van der Waals surface area (Å²) in [5.41, 5.74) is 0. The molecule has 4 unspecified atom stereocenters. The van der Waals surface area contributed by atoms with Gasteiger partial charge in [-0.25, -0.2) is 0 Å². The Morgan fingerprint density at radius 2 is 0.662 bits per heavy atom. The summed E-state index contributed by atoms with van der Waals surface area (Å²) in [6.07, 6.45) is 72.1. The summed E-state index contributed by atoms with van der Waals surface area (Å²) < 4.78 is 0. The molecule has 0 aliphatic carbocycles. The van der Waals surface area contributed by atoms with Crippen molar-refractivity contribution in [3.05, 3.63) is 48.6 Å². The third-order valence-electron chi connectivity index (χ3n) is 14.0. The number of carbonyl (C=O) groups is 1. The van der Waals surface area contributed by atoms with Crippen LogP contribution in [0.2, 0.25) is 0 Å². The van der Waals surface area contributed by atoms with Crippen LogP contribution in [0.5, 0.6) is 0 Å². The van der Waals surface area contributed by atoms with Gasteiger partial charge in [0, 0.05) is 0 Å². The first-order valence-corrected chi connectivity index (χ1v) is 30.0. The molecule has 0 saturated heterocycles. The van der Waals surface area contributed by atoms with E-state index in [0.29, 0.717) is 19.3 Å². The Kier molecular flexibility index (Phi) is 54.8. The number of amides is 1. The van der Waals surface area contributed by atoms with Gasteiger partial charge >= 0.3 is 0 Å². The van der Waals surface area contributed by atoms with Crippen LogP contribution < -0.4 is 5.32 Å². The van der Waals surface area contributed by atoms with E-state index in [1.165, 1.54) is 231 Å². The highest BCUT2D eigenvalue weighted by Crippen LogP contribution is 2.17. The van der Waals surface area contributed by atoms with Crippen LogP contribution in [0.3, 0.4) is 0 Å². The summed E-state index contributed by atoms with van der Waals surface area (Å²) >= 11 is 0. The fourth-order valence-electron chi connectivity index (χ4n) is 9.28. The van der Waals surface area contributed by atoms with E-state index in [0.717, 1.165) is 44.9 Å². The minimum Gasteiger partial charge on any atom is -0.394 e. The molecule has 0 aromatic heterocycles. The number of hydrogen-bond donors (Lipinski definition) is 5. The van der Waals surface area contributed by atoms with Crippen molar-refractivity contribution < 1.29 is 25.2 Å². The van der Waals surface area contributed by atoms with Crippen molar-refractivity contribution >= 4 is 5.91 Å². The van der Waals surface area contributed by atoms with Gasteiger partial charge < -0.3 is 25.7 Å². The molecule has 0 aromatic carbocycles. The quantitative estimate of drug-likeness (QED) is 0.0308. The Bertz CT molecular complexity index is 1120. The molecule has 0 bridgehead atoms. The zero-order valence-electron chi connectivity index (χ0n) is 45.4. The van der Waals surface area contributed by atoms with Gasteiger partial charge in [0.1, 0.15) is 12.2 Å². The van der Waals surface area contributed by atoms with Gasteiger partial charge in [-0.1, -0.05) is 274 Å². The molecule has 0 heterocycles. The van der Waals surface area contributed by atoms with Crippen molar-refractivity contribution in [2.24, 2.45) is 0 Å². The lowest BCUT2D eigenvalue weighted by atomic mass is 10.00. The van der Waals surface area contributed by atoms with Crippen LogP contribution in [0, 0.1) is 0 Å². The second kappa shape index (κ2) is 56.2. The number of aliphatic hydroxyl groups excluding tert-OH is 4. The highest BCUT2D eigenvalue weighted by atomic mass is 16.3. The third kappa shape index (κ3) is 49.3. The standard InChI is InChI=1S/C62H117NO5/c1-3-5-7-9-11-13-15-17-19-21-22-23-24-25-26-27-28-29-30-31-32-33-34-35-36-37-38-39-40-42-44-46-48-50-52-54-56-60(66)62(68)63-58(57-64)61(67)59(65)55-53-51-49-47-45-43-41-20-18-16-14-12-10-8-6-4-2/h20,26-27,29-30,41,47,49,58-61,64-67H,3-19,21-25,28,31-40,42-46,48,50-57H2,1-2H3,(H,63,68)/b27-26-,30-29-,41-20+,49-47+. The molecule has 400 valence electrons. The molecule has 0 saturated carbocycles. The molecule has 4 atom stereocenters. The fourth-order valence-corrected chi connectivity index (χ4v) is 9.28. The van der Waals surface area contributed by atoms with Gasteiger partial charge in [-0.15, -0.1) is 0 Å². The second-order valence-electron chi connectivity index (χ2n) is 20.7. The van der Waals surface area contributed by atoms with Crippen LogP contribution in [-0.2, 0) is 4.79 Å². The Morgan fingerprint density at radius 3 is 1.01 bits per heavy atom. The SMILES string of the molecule is CCCCCCCCC/C=C/CC/C=C/CCCC(O)C(O)C(CO)NC(=O)C(O)CCCCCCCCCCCCCCCCCC/C=C\C/C=C\CCCCCCCCCCCCCCC. The summed E-state index contributed by atoms with van der Waals surface area (Å²) in [4.78, 5) is 12.6. The molecular formula is C62H117NO5. The van der Waals surface area contributed by atoms with Crippen LogP contribution in [0.4, 0.5) is 0 Å². The average molecular weight is 957 g/mol. The molecule has 1 amide bonds. The Hall–Kier alpha value is -1.73. The smallest absolute Gasteiger partial charge is 0.249 e. The minimum absolute atomic E-state index is 0.360. The molecule has 0 aliphatic heterocycles. The van der Waals surface area contributed by atoms with Gasteiger partial charge in [0.2, 0.25) is 5.91 Å². The van der Waals surface area contributed by atoms with Crippen molar-refractivity contribution in [2.75, 3.05) is 6.61 Å². The number of rotatable bonds is 55. The van der Waals surface area contributed by atoms with Crippen LogP contribution in [0.1, 0.15) is 309 Å². The van der Waals surface area contributed by atoms with Crippen molar-refractivity contribution in [1.29, 1.82) is 0 Å². The molecule has 68 heavy (non-hydrogen) atoms. The third-order valence-corrected chi connectivity index (χ3v) is 14.0. The molecule has 5 N–H and O–H groups in total. The fraction of sp³-hybridized carbons (Fsp3) is 0.855. The number of aliphatic hydroxyl groups is 4. The summed E-state index contributed by atoms with van der Waals surface area (Å²) in [6.45, 7) is 4.05. The lowest BCUT2D eigenvalue weighted by Crippen LogP contribution is -2.53. The van der Waals surface area contributed by atoms with E-state index >= 15 is 0 Å². The van der Waals surface area contributed by atoms with Gasteiger partial charge in [0.25, 0.3) is 0 Å². The molecule has 0 rings (SSSR count). The zero-order valence-corrected chi connectivity index (χ0v) is 45.4. The highest BCUT2D eigenvalue weighted by molar-refractivity contribution is 5.80. The number of unbranched alkanes of at least 4 members (excludes halogenated alkanes) is 38. The van der Waals surface area contributed by atoms with E-state index in [2.05, 4.69) is 67.8 Å².